The van der Waals surface area contributed by atoms with Crippen LogP contribution in [-0.4, -0.2) is 0 Å². The first-order valence-corrected chi connectivity index (χ1v) is 7.19. The van der Waals surface area contributed by atoms with E-state index in [-0.39, 0.29) is 12.4 Å². The lowest BCUT2D eigenvalue weighted by Gasteiger charge is -2.05. The van der Waals surface area contributed by atoms with Crippen LogP contribution in [0, 0.1) is 0 Å². The Balaban J connectivity index is 0.00000200. The number of halogens is 3. The van der Waals surface area contributed by atoms with Gasteiger partial charge in [0.1, 0.15) is 0 Å². The van der Waals surface area contributed by atoms with E-state index >= 15 is 0 Å². The fraction of sp³-hybridized carbons (Fsp3) is 0.250. The van der Waals surface area contributed by atoms with Gasteiger partial charge in [-0.1, -0.05) is 41.4 Å². The van der Waals surface area contributed by atoms with E-state index < -0.39 is 0 Å². The minimum absolute atomic E-state index is 0. The molecule has 0 saturated heterocycles. The third kappa shape index (κ3) is 5.24. The standard InChI is InChI=1S/C16H17Cl2N.ClH/c17-14-9-8-13(16(18)11-14)6-2-1-4-12-5-3-7-15(19)10-12;/h3,5,7-11H,1-2,4,6,19H2;1H. The summed E-state index contributed by atoms with van der Waals surface area (Å²) in [5, 5.41) is 1.45. The first kappa shape index (κ1) is 17.2. The zero-order chi connectivity index (χ0) is 13.7. The predicted octanol–water partition coefficient (Wildman–Crippen LogP) is 5.56. The van der Waals surface area contributed by atoms with Crippen molar-refractivity contribution in [3.8, 4) is 0 Å². The van der Waals surface area contributed by atoms with Gasteiger partial charge in [0.05, 0.1) is 0 Å². The van der Waals surface area contributed by atoms with Crippen LogP contribution in [0.5, 0.6) is 0 Å². The summed E-state index contributed by atoms with van der Waals surface area (Å²) < 4.78 is 0. The number of nitrogens with two attached hydrogens (primary N) is 1. The van der Waals surface area contributed by atoms with Crippen molar-refractivity contribution in [1.82, 2.24) is 0 Å². The van der Waals surface area contributed by atoms with Gasteiger partial charge in [0, 0.05) is 15.7 Å². The third-order valence-corrected chi connectivity index (χ3v) is 3.71. The summed E-state index contributed by atoms with van der Waals surface area (Å²) in [5.74, 6) is 0. The maximum absolute atomic E-state index is 6.15. The predicted molar refractivity (Wildman–Crippen MR) is 91.2 cm³/mol. The summed E-state index contributed by atoms with van der Waals surface area (Å²) in [6.07, 6.45) is 4.27. The van der Waals surface area contributed by atoms with Gasteiger partial charge in [-0.25, -0.2) is 0 Å². The second-order valence-electron chi connectivity index (χ2n) is 4.69. The average Bonchev–Trinajstić information content (AvgIpc) is 2.37. The van der Waals surface area contributed by atoms with Gasteiger partial charge < -0.3 is 5.73 Å². The number of aryl methyl sites for hydroxylation is 2. The summed E-state index contributed by atoms with van der Waals surface area (Å²) in [5.41, 5.74) is 9.05. The zero-order valence-electron chi connectivity index (χ0n) is 11.1. The smallest absolute Gasteiger partial charge is 0.0452 e. The number of hydrogen-bond acceptors (Lipinski definition) is 1. The Hall–Kier alpha value is -0.890. The van der Waals surface area contributed by atoms with E-state index in [0.717, 1.165) is 36.4 Å². The Bertz CT molecular complexity index is 555. The molecule has 0 saturated carbocycles. The van der Waals surface area contributed by atoms with Gasteiger partial charge in [-0.05, 0) is 61.1 Å². The van der Waals surface area contributed by atoms with Crippen LogP contribution in [0.25, 0.3) is 0 Å². The molecule has 0 heterocycles. The first-order valence-electron chi connectivity index (χ1n) is 6.43. The van der Waals surface area contributed by atoms with Crippen molar-refractivity contribution in [2.24, 2.45) is 0 Å². The molecule has 0 spiro atoms. The Morgan fingerprint density at radius 2 is 1.65 bits per heavy atom. The lowest BCUT2D eigenvalue weighted by atomic mass is 10.0. The molecule has 2 N–H and O–H groups in total. The second-order valence-corrected chi connectivity index (χ2v) is 5.53. The van der Waals surface area contributed by atoms with Gasteiger partial charge in [0.25, 0.3) is 0 Å². The fourth-order valence-electron chi connectivity index (χ4n) is 2.12. The summed E-state index contributed by atoms with van der Waals surface area (Å²) in [6, 6.07) is 13.8. The van der Waals surface area contributed by atoms with Gasteiger partial charge in [-0.15, -0.1) is 12.4 Å². The largest absolute Gasteiger partial charge is 0.399 e. The Morgan fingerprint density at radius 3 is 2.35 bits per heavy atom. The van der Waals surface area contributed by atoms with Crippen molar-refractivity contribution in [3.63, 3.8) is 0 Å². The number of unbranched alkanes of at least 4 members (excludes halogenated alkanes) is 1. The van der Waals surface area contributed by atoms with E-state index in [0.29, 0.717) is 5.02 Å². The van der Waals surface area contributed by atoms with E-state index in [1.165, 1.54) is 11.1 Å². The average molecular weight is 331 g/mol. The summed E-state index contributed by atoms with van der Waals surface area (Å²) in [6.45, 7) is 0. The number of anilines is 1. The number of hydrogen-bond donors (Lipinski definition) is 1. The topological polar surface area (TPSA) is 26.0 Å². The van der Waals surface area contributed by atoms with Gasteiger partial charge in [-0.3, -0.25) is 0 Å². The highest BCUT2D eigenvalue weighted by Crippen LogP contribution is 2.22. The Kier molecular flexibility index (Phi) is 7.22. The first-order chi connectivity index (χ1) is 9.15. The van der Waals surface area contributed by atoms with Gasteiger partial charge in [0.2, 0.25) is 0 Å². The molecule has 0 atom stereocenters. The van der Waals surface area contributed by atoms with E-state index in [1.807, 2.05) is 30.3 Å². The maximum Gasteiger partial charge on any atom is 0.0452 e. The summed E-state index contributed by atoms with van der Waals surface area (Å²) in [4.78, 5) is 0. The monoisotopic (exact) mass is 329 g/mol. The van der Waals surface area contributed by atoms with Crippen LogP contribution in [0.2, 0.25) is 10.0 Å². The lowest BCUT2D eigenvalue weighted by Crippen LogP contribution is -1.92. The van der Waals surface area contributed by atoms with E-state index in [1.54, 1.807) is 6.07 Å². The lowest BCUT2D eigenvalue weighted by molar-refractivity contribution is 0.734. The fourth-order valence-corrected chi connectivity index (χ4v) is 2.62. The van der Waals surface area contributed by atoms with Crippen LogP contribution in [0.1, 0.15) is 24.0 Å². The molecule has 0 aliphatic heterocycles. The molecule has 108 valence electrons. The van der Waals surface area contributed by atoms with E-state index in [9.17, 15) is 0 Å². The van der Waals surface area contributed by atoms with Crippen LogP contribution in [0.15, 0.2) is 42.5 Å². The zero-order valence-corrected chi connectivity index (χ0v) is 13.4. The number of nitrogen functional groups attached to an aromatic ring is 1. The highest BCUT2D eigenvalue weighted by atomic mass is 35.5. The molecule has 0 radical (unpaired) electrons. The second kappa shape index (κ2) is 8.41. The van der Waals surface area contributed by atoms with Crippen molar-refractivity contribution < 1.29 is 0 Å². The van der Waals surface area contributed by atoms with E-state index in [4.69, 9.17) is 28.9 Å². The quantitative estimate of drug-likeness (QED) is 0.563. The van der Waals surface area contributed by atoms with Crippen molar-refractivity contribution in [3.05, 3.63) is 63.6 Å². The highest BCUT2D eigenvalue weighted by Gasteiger charge is 2.01. The maximum atomic E-state index is 6.15. The number of benzene rings is 2. The molecule has 0 unspecified atom stereocenters. The van der Waals surface area contributed by atoms with Crippen LogP contribution in [0.4, 0.5) is 5.69 Å². The molecule has 4 heteroatoms. The van der Waals surface area contributed by atoms with Gasteiger partial charge >= 0.3 is 0 Å². The van der Waals surface area contributed by atoms with Crippen molar-refractivity contribution in [1.29, 1.82) is 0 Å². The molecule has 20 heavy (non-hydrogen) atoms. The Labute approximate surface area is 136 Å². The van der Waals surface area contributed by atoms with Crippen LogP contribution in [0.3, 0.4) is 0 Å². The SMILES string of the molecule is Cl.Nc1cccc(CCCCc2ccc(Cl)cc2Cl)c1. The third-order valence-electron chi connectivity index (χ3n) is 3.13. The van der Waals surface area contributed by atoms with Gasteiger partial charge in [0.15, 0.2) is 0 Å². The van der Waals surface area contributed by atoms with Crippen molar-refractivity contribution in [2.75, 3.05) is 5.73 Å². The van der Waals surface area contributed by atoms with E-state index in [2.05, 4.69) is 6.07 Å². The molecule has 0 aliphatic carbocycles. The molecule has 0 aliphatic rings. The molecule has 2 aromatic carbocycles. The minimum atomic E-state index is 0. The molecule has 2 rings (SSSR count). The summed E-state index contributed by atoms with van der Waals surface area (Å²) >= 11 is 12.0. The van der Waals surface area contributed by atoms with Crippen LogP contribution < -0.4 is 5.73 Å². The molecule has 1 nitrogen and oxygen atoms in total. The van der Waals surface area contributed by atoms with Crippen molar-refractivity contribution in [2.45, 2.75) is 25.7 Å². The molecule has 2 aromatic rings. The van der Waals surface area contributed by atoms with Crippen LogP contribution in [-0.2, 0) is 12.8 Å². The van der Waals surface area contributed by atoms with Crippen molar-refractivity contribution >= 4 is 41.3 Å². The molecule has 0 aromatic heterocycles. The number of rotatable bonds is 5. The molecule has 0 fully saturated rings. The molecule has 0 bridgehead atoms. The molecular weight excluding hydrogens is 313 g/mol. The Morgan fingerprint density at radius 1 is 0.900 bits per heavy atom. The minimum Gasteiger partial charge on any atom is -0.399 e. The highest BCUT2D eigenvalue weighted by molar-refractivity contribution is 6.35. The summed E-state index contributed by atoms with van der Waals surface area (Å²) in [7, 11) is 0. The molecular formula is C16H18Cl3N. The normalized spacial score (nSPS) is 10.1. The van der Waals surface area contributed by atoms with Gasteiger partial charge in [-0.2, -0.15) is 0 Å². The molecule has 0 amide bonds. The van der Waals surface area contributed by atoms with Crippen LogP contribution >= 0.6 is 35.6 Å².